The summed E-state index contributed by atoms with van der Waals surface area (Å²) < 4.78 is 0. The first-order valence-corrected chi connectivity index (χ1v) is 5.83. The van der Waals surface area contributed by atoms with Gasteiger partial charge in [0.1, 0.15) is 11.5 Å². The number of nitrogens with zero attached hydrogens (tertiary/aromatic N) is 2. The topological polar surface area (TPSA) is 88.3 Å². The number of nitrogen functional groups attached to an aromatic ring is 1. The van der Waals surface area contributed by atoms with Gasteiger partial charge in [-0.1, -0.05) is 6.07 Å². The van der Waals surface area contributed by atoms with Gasteiger partial charge in [0, 0.05) is 26.1 Å². The number of carbonyl (C=O) groups excluding carboxylic acids is 2. The Morgan fingerprint density at radius 1 is 1.53 bits per heavy atom. The molecule has 0 saturated carbocycles. The van der Waals surface area contributed by atoms with Crippen LogP contribution in [-0.2, 0) is 4.79 Å². The number of anilines is 1. The van der Waals surface area contributed by atoms with Crippen LogP contribution >= 0.6 is 12.4 Å². The summed E-state index contributed by atoms with van der Waals surface area (Å²) in [4.78, 5) is 28.8. The van der Waals surface area contributed by atoms with Gasteiger partial charge in [-0.25, -0.2) is 4.98 Å². The quantitative estimate of drug-likeness (QED) is 0.825. The van der Waals surface area contributed by atoms with Gasteiger partial charge in [0.25, 0.3) is 5.91 Å². The zero-order valence-corrected chi connectivity index (χ0v) is 11.4. The summed E-state index contributed by atoms with van der Waals surface area (Å²) in [7, 11) is 1.74. The van der Waals surface area contributed by atoms with Crippen molar-refractivity contribution in [3.05, 3.63) is 23.9 Å². The Morgan fingerprint density at radius 2 is 2.26 bits per heavy atom. The van der Waals surface area contributed by atoms with Crippen LogP contribution in [0.15, 0.2) is 18.2 Å². The largest absolute Gasteiger partial charge is 0.384 e. The molecule has 1 saturated heterocycles. The number of rotatable bonds is 2. The first-order valence-electron chi connectivity index (χ1n) is 5.83. The van der Waals surface area contributed by atoms with E-state index in [9.17, 15) is 9.59 Å². The molecule has 0 bridgehead atoms. The lowest BCUT2D eigenvalue weighted by atomic mass is 10.1. The predicted octanol–water partition coefficient (Wildman–Crippen LogP) is 0.436. The molecule has 0 spiro atoms. The fourth-order valence-electron chi connectivity index (χ4n) is 1.97. The highest BCUT2D eigenvalue weighted by Crippen LogP contribution is 2.10. The smallest absolute Gasteiger partial charge is 0.270 e. The molecule has 2 rings (SSSR count). The van der Waals surface area contributed by atoms with Gasteiger partial charge in [-0.2, -0.15) is 0 Å². The summed E-state index contributed by atoms with van der Waals surface area (Å²) >= 11 is 0. The van der Waals surface area contributed by atoms with Crippen molar-refractivity contribution in [2.45, 2.75) is 18.9 Å². The van der Waals surface area contributed by atoms with E-state index < -0.39 is 0 Å². The molecular weight excluding hydrogens is 268 g/mol. The number of hydrogen-bond donors (Lipinski definition) is 2. The van der Waals surface area contributed by atoms with Crippen LogP contribution in [0.1, 0.15) is 23.3 Å². The number of aromatic nitrogens is 1. The number of amides is 2. The molecule has 3 N–H and O–H groups in total. The second-order valence-electron chi connectivity index (χ2n) is 4.43. The van der Waals surface area contributed by atoms with E-state index in [1.54, 1.807) is 30.1 Å². The molecule has 1 fully saturated rings. The van der Waals surface area contributed by atoms with Crippen molar-refractivity contribution in [3.8, 4) is 0 Å². The molecule has 6 nitrogen and oxygen atoms in total. The molecule has 1 atom stereocenters. The highest BCUT2D eigenvalue weighted by atomic mass is 35.5. The van der Waals surface area contributed by atoms with Crippen molar-refractivity contribution in [2.75, 3.05) is 19.3 Å². The predicted molar refractivity (Wildman–Crippen MR) is 74.0 cm³/mol. The number of pyridine rings is 1. The van der Waals surface area contributed by atoms with E-state index in [0.717, 1.165) is 0 Å². The van der Waals surface area contributed by atoms with Gasteiger partial charge < -0.3 is 16.0 Å². The number of nitrogens with one attached hydrogen (secondary N) is 1. The third-order valence-electron chi connectivity index (χ3n) is 2.97. The minimum atomic E-state index is -0.255. The van der Waals surface area contributed by atoms with E-state index >= 15 is 0 Å². The Hall–Kier alpha value is -1.82. The molecule has 19 heavy (non-hydrogen) atoms. The molecule has 2 amide bonds. The number of nitrogens with two attached hydrogens (primary N) is 1. The average molecular weight is 285 g/mol. The van der Waals surface area contributed by atoms with Crippen molar-refractivity contribution >= 4 is 30.0 Å². The Kier molecular flexibility index (Phi) is 5.11. The summed E-state index contributed by atoms with van der Waals surface area (Å²) in [6.45, 7) is 0.535. The van der Waals surface area contributed by atoms with E-state index in [-0.39, 0.29) is 30.3 Å². The summed E-state index contributed by atoms with van der Waals surface area (Å²) in [6.07, 6.45) is 1.13. The molecule has 0 radical (unpaired) electrons. The molecule has 0 aliphatic carbocycles. The summed E-state index contributed by atoms with van der Waals surface area (Å²) in [5, 5.41) is 2.86. The van der Waals surface area contributed by atoms with Gasteiger partial charge in [0.2, 0.25) is 5.91 Å². The molecule has 104 valence electrons. The van der Waals surface area contributed by atoms with Crippen LogP contribution in [0.2, 0.25) is 0 Å². The molecule has 1 aliphatic heterocycles. The molecule has 0 aromatic carbocycles. The number of carbonyl (C=O) groups is 2. The lowest BCUT2D eigenvalue weighted by Crippen LogP contribution is -2.48. The van der Waals surface area contributed by atoms with Crippen molar-refractivity contribution in [3.63, 3.8) is 0 Å². The highest BCUT2D eigenvalue weighted by molar-refractivity contribution is 5.93. The minimum absolute atomic E-state index is 0. The van der Waals surface area contributed by atoms with E-state index in [4.69, 9.17) is 5.73 Å². The van der Waals surface area contributed by atoms with Crippen LogP contribution in [0.25, 0.3) is 0 Å². The maximum absolute atomic E-state index is 11.9. The first-order chi connectivity index (χ1) is 8.56. The lowest BCUT2D eigenvalue weighted by molar-refractivity contribution is -0.132. The Balaban J connectivity index is 0.00000180. The van der Waals surface area contributed by atoms with Gasteiger partial charge in [-0.3, -0.25) is 9.59 Å². The summed E-state index contributed by atoms with van der Waals surface area (Å²) in [6, 6.07) is 4.91. The van der Waals surface area contributed by atoms with E-state index in [2.05, 4.69) is 10.3 Å². The van der Waals surface area contributed by atoms with Crippen LogP contribution in [0.5, 0.6) is 0 Å². The van der Waals surface area contributed by atoms with Gasteiger partial charge in [0.15, 0.2) is 0 Å². The van der Waals surface area contributed by atoms with Crippen molar-refractivity contribution < 1.29 is 9.59 Å². The maximum Gasteiger partial charge on any atom is 0.270 e. The van der Waals surface area contributed by atoms with Gasteiger partial charge in [-0.15, -0.1) is 12.4 Å². The Bertz CT molecular complexity index is 481. The fourth-order valence-corrected chi connectivity index (χ4v) is 1.97. The maximum atomic E-state index is 11.9. The van der Waals surface area contributed by atoms with Crippen LogP contribution in [0.3, 0.4) is 0 Å². The molecule has 1 aromatic heterocycles. The third-order valence-corrected chi connectivity index (χ3v) is 2.97. The number of likely N-dealkylation sites (tertiary alicyclic amines) is 1. The van der Waals surface area contributed by atoms with E-state index in [0.29, 0.717) is 30.9 Å². The number of piperidine rings is 1. The molecule has 1 unspecified atom stereocenters. The van der Waals surface area contributed by atoms with Crippen molar-refractivity contribution in [1.29, 1.82) is 0 Å². The minimum Gasteiger partial charge on any atom is -0.384 e. The number of likely N-dealkylation sites (N-methyl/N-ethyl adjacent to an activating group) is 1. The molecule has 1 aromatic rings. The first kappa shape index (κ1) is 15.2. The molecular formula is C12H17ClN4O2. The molecule has 1 aliphatic rings. The SMILES string of the molecule is CN1CC(NC(=O)c2cccc(N)n2)CCC1=O.Cl. The molecule has 2 heterocycles. The standard InChI is InChI=1S/C12H16N4O2.ClH/c1-16-7-8(5-6-11(16)17)14-12(18)9-3-2-4-10(13)15-9;/h2-4,8H,5-7H2,1H3,(H2,13,15)(H,14,18);1H. The normalized spacial score (nSPS) is 18.7. The second kappa shape index (κ2) is 6.38. The van der Waals surface area contributed by atoms with Crippen LogP contribution in [0.4, 0.5) is 5.82 Å². The number of hydrogen-bond acceptors (Lipinski definition) is 4. The zero-order chi connectivity index (χ0) is 13.1. The Labute approximate surface area is 117 Å². The van der Waals surface area contributed by atoms with Gasteiger partial charge in [0.05, 0.1) is 0 Å². The van der Waals surface area contributed by atoms with Crippen LogP contribution in [0, 0.1) is 0 Å². The van der Waals surface area contributed by atoms with Gasteiger partial charge in [-0.05, 0) is 18.6 Å². The van der Waals surface area contributed by atoms with Gasteiger partial charge >= 0.3 is 0 Å². The van der Waals surface area contributed by atoms with E-state index in [1.165, 1.54) is 0 Å². The van der Waals surface area contributed by atoms with E-state index in [1.807, 2.05) is 0 Å². The van der Waals surface area contributed by atoms with Crippen LogP contribution in [-0.4, -0.2) is 41.3 Å². The fraction of sp³-hybridized carbons (Fsp3) is 0.417. The lowest BCUT2D eigenvalue weighted by Gasteiger charge is -2.30. The molecule has 7 heteroatoms. The average Bonchev–Trinajstić information content (AvgIpc) is 2.34. The Morgan fingerprint density at radius 3 is 2.89 bits per heavy atom. The van der Waals surface area contributed by atoms with Crippen molar-refractivity contribution in [2.24, 2.45) is 0 Å². The van der Waals surface area contributed by atoms with Crippen molar-refractivity contribution in [1.82, 2.24) is 15.2 Å². The van der Waals surface area contributed by atoms with Crippen LogP contribution < -0.4 is 11.1 Å². The summed E-state index contributed by atoms with van der Waals surface area (Å²) in [5.41, 5.74) is 5.83. The summed E-state index contributed by atoms with van der Waals surface area (Å²) in [5.74, 6) is 0.177. The third kappa shape index (κ3) is 3.82. The zero-order valence-electron chi connectivity index (χ0n) is 10.6. The second-order valence-corrected chi connectivity index (χ2v) is 4.43. The number of halogens is 1. The highest BCUT2D eigenvalue weighted by Gasteiger charge is 2.24. The monoisotopic (exact) mass is 284 g/mol.